The molecule has 6 heteroatoms. The molecule has 0 aliphatic carbocycles. The summed E-state index contributed by atoms with van der Waals surface area (Å²) in [4.78, 5) is 37.9. The summed E-state index contributed by atoms with van der Waals surface area (Å²) >= 11 is 0. The highest BCUT2D eigenvalue weighted by molar-refractivity contribution is 5.71. The fraction of sp³-hybridized carbons (Fsp3) is 0.842. The molecule has 0 rings (SSSR count). The smallest absolute Gasteiger partial charge is 0.306 e. The van der Waals surface area contributed by atoms with Gasteiger partial charge >= 0.3 is 17.9 Å². The quantitative estimate of drug-likeness (QED) is 0.0262. The molecule has 0 fully saturated rings. The Bertz CT molecular complexity index is 1060. The lowest BCUT2D eigenvalue weighted by Crippen LogP contribution is -2.30. The Morgan fingerprint density at radius 1 is 0.317 bits per heavy atom. The van der Waals surface area contributed by atoms with Crippen LogP contribution < -0.4 is 0 Å². The maximum absolute atomic E-state index is 12.8. The van der Waals surface area contributed by atoms with E-state index < -0.39 is 6.10 Å². The third-order valence-electron chi connectivity index (χ3n) is 12.1. The van der Waals surface area contributed by atoms with E-state index in [4.69, 9.17) is 14.2 Å². The van der Waals surface area contributed by atoms with Crippen LogP contribution in [0.2, 0.25) is 0 Å². The molecule has 0 aliphatic rings. The Morgan fingerprint density at radius 2 is 0.587 bits per heavy atom. The van der Waals surface area contributed by atoms with Crippen molar-refractivity contribution in [1.29, 1.82) is 0 Å². The molecule has 0 N–H and O–H groups in total. The number of carbonyl (C=O) groups is 3. The highest BCUT2D eigenvalue weighted by Gasteiger charge is 2.19. The maximum Gasteiger partial charge on any atom is 0.306 e. The van der Waals surface area contributed by atoms with Crippen molar-refractivity contribution < 1.29 is 28.6 Å². The molecule has 368 valence electrons. The number of carbonyl (C=O) groups excluding carboxylic acids is 3. The minimum Gasteiger partial charge on any atom is -0.462 e. The molecule has 0 saturated heterocycles. The summed E-state index contributed by atoms with van der Waals surface area (Å²) in [5.74, 6) is -0.875. The van der Waals surface area contributed by atoms with Crippen LogP contribution >= 0.6 is 0 Å². The van der Waals surface area contributed by atoms with Crippen molar-refractivity contribution in [3.05, 3.63) is 36.5 Å². The van der Waals surface area contributed by atoms with E-state index in [1.165, 1.54) is 173 Å². The predicted octanol–water partition coefficient (Wildman–Crippen LogP) is 18.1. The normalized spacial score (nSPS) is 12.2. The van der Waals surface area contributed by atoms with Crippen LogP contribution in [0, 0.1) is 0 Å². The molecule has 0 amide bonds. The lowest BCUT2D eigenvalue weighted by atomic mass is 10.0. The van der Waals surface area contributed by atoms with E-state index in [0.29, 0.717) is 19.3 Å². The number of unbranched alkanes of at least 4 members (excludes halogenated alkanes) is 33. The van der Waals surface area contributed by atoms with Gasteiger partial charge in [0.1, 0.15) is 13.2 Å². The van der Waals surface area contributed by atoms with E-state index in [2.05, 4.69) is 57.2 Å². The topological polar surface area (TPSA) is 78.9 Å². The summed E-state index contributed by atoms with van der Waals surface area (Å²) < 4.78 is 16.8. The number of rotatable bonds is 50. The molecule has 63 heavy (non-hydrogen) atoms. The molecule has 0 radical (unpaired) electrons. The van der Waals surface area contributed by atoms with E-state index in [0.717, 1.165) is 77.0 Å². The molecule has 0 aromatic carbocycles. The third kappa shape index (κ3) is 50.5. The Kier molecular flexibility index (Phi) is 50.3. The zero-order chi connectivity index (χ0) is 45.8. The van der Waals surface area contributed by atoms with Crippen LogP contribution in [0.3, 0.4) is 0 Å². The van der Waals surface area contributed by atoms with Gasteiger partial charge in [-0.1, -0.05) is 237 Å². The number of hydrogen-bond donors (Lipinski definition) is 0. The van der Waals surface area contributed by atoms with Crippen LogP contribution in [0.25, 0.3) is 0 Å². The first-order valence-corrected chi connectivity index (χ1v) is 27.5. The largest absolute Gasteiger partial charge is 0.462 e. The van der Waals surface area contributed by atoms with Crippen molar-refractivity contribution >= 4 is 17.9 Å². The average molecular weight is 885 g/mol. The minimum absolute atomic E-state index is 0.0730. The molecule has 0 aromatic heterocycles. The van der Waals surface area contributed by atoms with Gasteiger partial charge in [-0.3, -0.25) is 14.4 Å². The third-order valence-corrected chi connectivity index (χ3v) is 12.1. The zero-order valence-electron chi connectivity index (χ0n) is 42.1. The molecule has 0 aromatic rings. The number of hydrogen-bond acceptors (Lipinski definition) is 6. The molecule has 0 aliphatic heterocycles. The second kappa shape index (κ2) is 52.3. The van der Waals surface area contributed by atoms with Gasteiger partial charge in [0.2, 0.25) is 0 Å². The molecule has 6 nitrogen and oxygen atoms in total. The number of esters is 3. The van der Waals surface area contributed by atoms with E-state index in [-0.39, 0.29) is 31.1 Å². The average Bonchev–Trinajstić information content (AvgIpc) is 3.28. The van der Waals surface area contributed by atoms with Crippen LogP contribution in [0.4, 0.5) is 0 Å². The fourth-order valence-corrected chi connectivity index (χ4v) is 7.93. The summed E-state index contributed by atoms with van der Waals surface area (Å²) in [7, 11) is 0. The van der Waals surface area contributed by atoms with Gasteiger partial charge in [-0.2, -0.15) is 0 Å². The zero-order valence-corrected chi connectivity index (χ0v) is 42.1. The molecule has 1 atom stereocenters. The van der Waals surface area contributed by atoms with Gasteiger partial charge in [-0.05, 0) is 70.6 Å². The minimum atomic E-state index is -0.772. The first-order chi connectivity index (χ1) is 31.0. The van der Waals surface area contributed by atoms with Crippen molar-refractivity contribution in [2.45, 2.75) is 297 Å². The van der Waals surface area contributed by atoms with Gasteiger partial charge in [0, 0.05) is 19.3 Å². The van der Waals surface area contributed by atoms with Gasteiger partial charge in [0.05, 0.1) is 0 Å². The van der Waals surface area contributed by atoms with Crippen molar-refractivity contribution in [3.63, 3.8) is 0 Å². The Morgan fingerprint density at radius 3 is 0.937 bits per heavy atom. The van der Waals surface area contributed by atoms with Crippen LogP contribution in [-0.4, -0.2) is 37.2 Å². The van der Waals surface area contributed by atoms with Crippen LogP contribution in [0.5, 0.6) is 0 Å². The highest BCUT2D eigenvalue weighted by atomic mass is 16.6. The molecule has 0 spiro atoms. The maximum atomic E-state index is 12.8. The van der Waals surface area contributed by atoms with Crippen molar-refractivity contribution in [2.24, 2.45) is 0 Å². The second-order valence-electron chi connectivity index (χ2n) is 18.5. The molecule has 0 heterocycles. The molecule has 0 bridgehead atoms. The lowest BCUT2D eigenvalue weighted by molar-refractivity contribution is -0.167. The van der Waals surface area contributed by atoms with Gasteiger partial charge < -0.3 is 14.2 Å². The molecule has 1 unspecified atom stereocenters. The van der Waals surface area contributed by atoms with Gasteiger partial charge in [-0.25, -0.2) is 0 Å². The molecule has 0 saturated carbocycles. The Labute approximate surface area is 391 Å². The second-order valence-corrected chi connectivity index (χ2v) is 18.5. The van der Waals surface area contributed by atoms with Crippen molar-refractivity contribution in [3.8, 4) is 0 Å². The number of ether oxygens (including phenoxy) is 3. The van der Waals surface area contributed by atoms with Crippen molar-refractivity contribution in [2.75, 3.05) is 13.2 Å². The van der Waals surface area contributed by atoms with E-state index in [9.17, 15) is 14.4 Å². The summed E-state index contributed by atoms with van der Waals surface area (Å²) in [6.45, 7) is 6.60. The highest BCUT2D eigenvalue weighted by Crippen LogP contribution is 2.16. The SMILES string of the molecule is CCCC/C=C\CCCCCCCC(=O)OC(COC(=O)CCCCCCCCCCCCC)COC(=O)CCCCCCCCCCCCC/C=C\C/C=C\CCCCCCC. The standard InChI is InChI=1S/C57H104O6/c1-4-7-10-13-16-19-22-23-24-25-26-27-28-29-30-31-32-33-36-38-41-44-47-50-56(59)62-53-54(63-57(60)51-48-45-42-39-35-21-18-15-12-9-6-3)52-61-55(58)49-46-43-40-37-34-20-17-14-11-8-5-2/h15,18,22-23,25-26,54H,4-14,16-17,19-21,24,27-53H2,1-3H3/b18-15-,23-22-,26-25-. The lowest BCUT2D eigenvalue weighted by Gasteiger charge is -2.18. The van der Waals surface area contributed by atoms with E-state index in [1.807, 2.05) is 0 Å². The van der Waals surface area contributed by atoms with Gasteiger partial charge in [-0.15, -0.1) is 0 Å². The van der Waals surface area contributed by atoms with Crippen LogP contribution in [0.15, 0.2) is 36.5 Å². The monoisotopic (exact) mass is 885 g/mol. The van der Waals surface area contributed by atoms with Crippen LogP contribution in [0.1, 0.15) is 290 Å². The summed E-state index contributed by atoms with van der Waals surface area (Å²) in [5, 5.41) is 0. The summed E-state index contributed by atoms with van der Waals surface area (Å²) in [6.07, 6.45) is 61.4. The van der Waals surface area contributed by atoms with Crippen molar-refractivity contribution in [1.82, 2.24) is 0 Å². The van der Waals surface area contributed by atoms with E-state index >= 15 is 0 Å². The van der Waals surface area contributed by atoms with Gasteiger partial charge in [0.15, 0.2) is 6.10 Å². The van der Waals surface area contributed by atoms with E-state index in [1.54, 1.807) is 0 Å². The summed E-state index contributed by atoms with van der Waals surface area (Å²) in [6, 6.07) is 0. The number of allylic oxidation sites excluding steroid dienone is 6. The van der Waals surface area contributed by atoms with Crippen LogP contribution in [-0.2, 0) is 28.6 Å². The molecular formula is C57H104O6. The fourth-order valence-electron chi connectivity index (χ4n) is 7.93. The predicted molar refractivity (Wildman–Crippen MR) is 270 cm³/mol. The first kappa shape index (κ1) is 60.6. The molecular weight excluding hydrogens is 781 g/mol. The summed E-state index contributed by atoms with van der Waals surface area (Å²) in [5.41, 5.74) is 0. The Balaban J connectivity index is 4.21. The Hall–Kier alpha value is -2.37. The van der Waals surface area contributed by atoms with Gasteiger partial charge in [0.25, 0.3) is 0 Å². The first-order valence-electron chi connectivity index (χ1n) is 27.5.